The Morgan fingerprint density at radius 3 is 3.04 bits per heavy atom. The van der Waals surface area contributed by atoms with E-state index in [0.29, 0.717) is 18.9 Å². The minimum absolute atomic E-state index is 0.288. The molecule has 1 aromatic heterocycles. The van der Waals surface area contributed by atoms with Crippen LogP contribution < -0.4 is 9.64 Å². The van der Waals surface area contributed by atoms with Gasteiger partial charge in [-0.1, -0.05) is 6.07 Å². The quantitative estimate of drug-likeness (QED) is 0.845. The number of anilines is 1. The topological polar surface area (TPSA) is 41.5 Å². The Bertz CT molecular complexity index is 679. The summed E-state index contributed by atoms with van der Waals surface area (Å²) in [6, 6.07) is 6.19. The third kappa shape index (κ3) is 3.76. The molecule has 122 valence electrons. The van der Waals surface area contributed by atoms with Crippen LogP contribution in [-0.2, 0) is 13.0 Å². The molecule has 2 heterocycles. The lowest BCUT2D eigenvalue weighted by molar-refractivity contribution is 0.307. The molecule has 0 radical (unpaired) electrons. The van der Waals surface area contributed by atoms with Gasteiger partial charge in [-0.2, -0.15) is 0 Å². The fourth-order valence-electron chi connectivity index (χ4n) is 2.75. The van der Waals surface area contributed by atoms with E-state index in [9.17, 15) is 4.39 Å². The molecule has 0 fully saturated rings. The van der Waals surface area contributed by atoms with E-state index < -0.39 is 0 Å². The first-order valence-corrected chi connectivity index (χ1v) is 7.74. The summed E-state index contributed by atoms with van der Waals surface area (Å²) in [5.74, 6) is 1.20. The van der Waals surface area contributed by atoms with Crippen LogP contribution >= 0.6 is 0 Å². The lowest BCUT2D eigenvalue weighted by atomic mass is 10.1. The summed E-state index contributed by atoms with van der Waals surface area (Å²) in [6.45, 7) is 3.02. The molecule has 3 rings (SSSR count). The maximum atomic E-state index is 13.1. The van der Waals surface area contributed by atoms with Crippen molar-refractivity contribution in [2.24, 2.45) is 0 Å². The molecule has 6 heteroatoms. The Hall–Kier alpha value is -2.21. The van der Waals surface area contributed by atoms with Crippen LogP contribution in [0.15, 0.2) is 30.6 Å². The lowest BCUT2D eigenvalue weighted by Crippen LogP contribution is -2.32. The number of rotatable bonds is 5. The molecule has 0 amide bonds. The predicted octanol–water partition coefficient (Wildman–Crippen LogP) is 2.12. The van der Waals surface area contributed by atoms with Crippen molar-refractivity contribution in [3.8, 4) is 5.75 Å². The first kappa shape index (κ1) is 15.7. The zero-order valence-corrected chi connectivity index (χ0v) is 13.5. The second-order valence-corrected chi connectivity index (χ2v) is 5.84. The maximum absolute atomic E-state index is 13.1. The molecule has 0 N–H and O–H groups in total. The first-order chi connectivity index (χ1) is 11.1. The minimum atomic E-state index is -0.288. The molecular formula is C17H21FN4O. The number of aromatic nitrogens is 2. The Balaban J connectivity index is 1.63. The molecule has 0 saturated heterocycles. The molecule has 0 aliphatic carbocycles. The van der Waals surface area contributed by atoms with Crippen molar-refractivity contribution < 1.29 is 9.13 Å². The van der Waals surface area contributed by atoms with Gasteiger partial charge in [-0.3, -0.25) is 0 Å². The van der Waals surface area contributed by atoms with E-state index >= 15 is 0 Å². The van der Waals surface area contributed by atoms with Crippen molar-refractivity contribution in [1.82, 2.24) is 14.9 Å². The van der Waals surface area contributed by atoms with Crippen molar-refractivity contribution in [2.45, 2.75) is 13.0 Å². The van der Waals surface area contributed by atoms with Crippen molar-refractivity contribution in [1.29, 1.82) is 0 Å². The van der Waals surface area contributed by atoms with E-state index in [1.54, 1.807) is 18.5 Å². The van der Waals surface area contributed by atoms with Gasteiger partial charge in [0, 0.05) is 38.2 Å². The monoisotopic (exact) mass is 316 g/mol. The minimum Gasteiger partial charge on any atom is -0.492 e. The summed E-state index contributed by atoms with van der Waals surface area (Å²) in [7, 11) is 4.10. The highest BCUT2D eigenvalue weighted by atomic mass is 19.1. The highest BCUT2D eigenvalue weighted by Gasteiger charge is 2.20. The molecule has 23 heavy (non-hydrogen) atoms. The molecule has 5 nitrogen and oxygen atoms in total. The van der Waals surface area contributed by atoms with Gasteiger partial charge in [0.05, 0.1) is 12.2 Å². The molecule has 2 aromatic rings. The summed E-state index contributed by atoms with van der Waals surface area (Å²) < 4.78 is 18.7. The van der Waals surface area contributed by atoms with Crippen LogP contribution in [0.2, 0.25) is 0 Å². The Morgan fingerprint density at radius 1 is 1.35 bits per heavy atom. The standard InChI is InChI=1S/C17H21FN4O/c1-21-7-6-16-15(11-21)17(20-12-19-16)22(2)8-9-23-14-5-3-4-13(18)10-14/h3-5,10,12H,6-9,11H2,1-2H3. The van der Waals surface area contributed by atoms with Gasteiger partial charge in [0.25, 0.3) is 0 Å². The van der Waals surface area contributed by atoms with Gasteiger partial charge in [0.15, 0.2) is 0 Å². The molecule has 0 atom stereocenters. The van der Waals surface area contributed by atoms with Crippen molar-refractivity contribution in [2.75, 3.05) is 38.7 Å². The van der Waals surface area contributed by atoms with Gasteiger partial charge in [0.2, 0.25) is 0 Å². The number of likely N-dealkylation sites (N-methyl/N-ethyl adjacent to an activating group) is 2. The summed E-state index contributed by atoms with van der Waals surface area (Å²) in [5.41, 5.74) is 2.32. The number of benzene rings is 1. The van der Waals surface area contributed by atoms with E-state index in [1.807, 2.05) is 7.05 Å². The van der Waals surface area contributed by atoms with E-state index in [2.05, 4.69) is 26.8 Å². The van der Waals surface area contributed by atoms with Gasteiger partial charge in [-0.25, -0.2) is 14.4 Å². The van der Waals surface area contributed by atoms with Crippen molar-refractivity contribution >= 4 is 5.82 Å². The molecule has 0 saturated carbocycles. The smallest absolute Gasteiger partial charge is 0.136 e. The second-order valence-electron chi connectivity index (χ2n) is 5.84. The van der Waals surface area contributed by atoms with Crippen LogP contribution in [0.25, 0.3) is 0 Å². The summed E-state index contributed by atoms with van der Waals surface area (Å²) in [5, 5.41) is 0. The van der Waals surface area contributed by atoms with Gasteiger partial charge >= 0.3 is 0 Å². The van der Waals surface area contributed by atoms with Crippen LogP contribution in [0.3, 0.4) is 0 Å². The number of fused-ring (bicyclic) bond motifs is 1. The Kier molecular flexibility index (Phi) is 4.71. The average Bonchev–Trinajstić information content (AvgIpc) is 2.54. The number of hydrogen-bond acceptors (Lipinski definition) is 5. The SMILES string of the molecule is CN1CCc2ncnc(N(C)CCOc3cccc(F)c3)c2C1. The normalized spacial score (nSPS) is 14.4. The molecule has 1 aliphatic heterocycles. The summed E-state index contributed by atoms with van der Waals surface area (Å²) >= 11 is 0. The van der Waals surface area contributed by atoms with Crippen molar-refractivity contribution in [3.63, 3.8) is 0 Å². The van der Waals surface area contributed by atoms with Crippen LogP contribution in [0.1, 0.15) is 11.3 Å². The summed E-state index contributed by atoms with van der Waals surface area (Å²) in [6.07, 6.45) is 2.58. The van der Waals surface area contributed by atoms with Crippen LogP contribution in [-0.4, -0.2) is 48.7 Å². The summed E-state index contributed by atoms with van der Waals surface area (Å²) in [4.78, 5) is 13.2. The molecule has 1 aliphatic rings. The van der Waals surface area contributed by atoms with E-state index in [1.165, 1.54) is 17.7 Å². The van der Waals surface area contributed by atoms with E-state index in [4.69, 9.17) is 4.74 Å². The van der Waals surface area contributed by atoms with Crippen LogP contribution in [0.5, 0.6) is 5.75 Å². The predicted molar refractivity (Wildman–Crippen MR) is 87.2 cm³/mol. The fraction of sp³-hybridized carbons (Fsp3) is 0.412. The van der Waals surface area contributed by atoms with Crippen LogP contribution in [0, 0.1) is 5.82 Å². The van der Waals surface area contributed by atoms with Crippen LogP contribution in [0.4, 0.5) is 10.2 Å². The highest BCUT2D eigenvalue weighted by Crippen LogP contribution is 2.24. The molecular weight excluding hydrogens is 295 g/mol. The van der Waals surface area contributed by atoms with E-state index in [0.717, 1.165) is 31.0 Å². The largest absolute Gasteiger partial charge is 0.492 e. The third-order valence-corrected chi connectivity index (χ3v) is 4.02. The zero-order chi connectivity index (χ0) is 16.2. The Labute approximate surface area is 135 Å². The lowest BCUT2D eigenvalue weighted by Gasteiger charge is -2.28. The van der Waals surface area contributed by atoms with Gasteiger partial charge < -0.3 is 14.5 Å². The molecule has 0 unspecified atom stereocenters. The zero-order valence-electron chi connectivity index (χ0n) is 13.5. The van der Waals surface area contributed by atoms with Gasteiger partial charge in [-0.15, -0.1) is 0 Å². The average molecular weight is 316 g/mol. The van der Waals surface area contributed by atoms with Gasteiger partial charge in [-0.05, 0) is 19.2 Å². The molecule has 1 aromatic carbocycles. The third-order valence-electron chi connectivity index (χ3n) is 4.02. The number of ether oxygens (including phenoxy) is 1. The molecule has 0 spiro atoms. The number of halogens is 1. The maximum Gasteiger partial charge on any atom is 0.136 e. The van der Waals surface area contributed by atoms with Crippen molar-refractivity contribution in [3.05, 3.63) is 47.7 Å². The Morgan fingerprint density at radius 2 is 2.22 bits per heavy atom. The second kappa shape index (κ2) is 6.91. The number of hydrogen-bond donors (Lipinski definition) is 0. The molecule has 0 bridgehead atoms. The van der Waals surface area contributed by atoms with Gasteiger partial charge in [0.1, 0.15) is 30.3 Å². The number of nitrogens with zero attached hydrogens (tertiary/aromatic N) is 4. The first-order valence-electron chi connectivity index (χ1n) is 7.74. The van der Waals surface area contributed by atoms with E-state index in [-0.39, 0.29) is 5.82 Å². The fourth-order valence-corrected chi connectivity index (χ4v) is 2.75. The highest BCUT2D eigenvalue weighted by molar-refractivity contribution is 5.48.